The zero-order valence-electron chi connectivity index (χ0n) is 12.8. The first-order valence-electron chi connectivity index (χ1n) is 7.43. The highest BCUT2D eigenvalue weighted by Gasteiger charge is 2.38. The lowest BCUT2D eigenvalue weighted by atomic mass is 9.88. The van der Waals surface area contributed by atoms with Crippen LogP contribution in [0.4, 0.5) is 0 Å². The molecule has 1 amide bonds. The van der Waals surface area contributed by atoms with E-state index in [4.69, 9.17) is 10.5 Å². The lowest BCUT2D eigenvalue weighted by Crippen LogP contribution is -2.57. The Balaban J connectivity index is 2.14. The van der Waals surface area contributed by atoms with Crippen molar-refractivity contribution in [3.05, 3.63) is 35.9 Å². The number of nitrogens with zero attached hydrogens (tertiary/aromatic N) is 1. The van der Waals surface area contributed by atoms with E-state index in [9.17, 15) is 4.79 Å². The number of carbonyl (C=O) groups excluding carboxylic acids is 1. The van der Waals surface area contributed by atoms with E-state index in [1.165, 1.54) is 0 Å². The predicted molar refractivity (Wildman–Crippen MR) is 82.8 cm³/mol. The van der Waals surface area contributed by atoms with Gasteiger partial charge in [-0.1, -0.05) is 30.3 Å². The van der Waals surface area contributed by atoms with Crippen LogP contribution in [0.1, 0.15) is 18.4 Å². The summed E-state index contributed by atoms with van der Waals surface area (Å²) in [6.07, 6.45) is 2.46. The summed E-state index contributed by atoms with van der Waals surface area (Å²) < 4.78 is 5.66. The first-order valence-corrected chi connectivity index (χ1v) is 7.43. The highest BCUT2D eigenvalue weighted by Crippen LogP contribution is 2.22. The number of hydrogen-bond acceptors (Lipinski definition) is 4. The third-order valence-electron chi connectivity index (χ3n) is 4.16. The van der Waals surface area contributed by atoms with Gasteiger partial charge in [-0.2, -0.15) is 0 Å². The number of benzene rings is 1. The molecule has 5 heteroatoms. The Bertz CT molecular complexity index is 460. The molecule has 1 fully saturated rings. The second-order valence-electron chi connectivity index (χ2n) is 5.72. The fraction of sp³-hybridized carbons (Fsp3) is 0.562. The molecule has 3 N–H and O–H groups in total. The van der Waals surface area contributed by atoms with Gasteiger partial charge < -0.3 is 20.7 Å². The molecular formula is C16H25N3O2. The van der Waals surface area contributed by atoms with Gasteiger partial charge in [-0.15, -0.1) is 0 Å². The molecule has 1 aliphatic rings. The molecule has 0 aromatic heterocycles. The van der Waals surface area contributed by atoms with Crippen LogP contribution < -0.4 is 11.1 Å². The molecule has 1 aromatic carbocycles. The molecule has 5 nitrogen and oxygen atoms in total. The van der Waals surface area contributed by atoms with Crippen LogP contribution in [0.25, 0.3) is 0 Å². The van der Waals surface area contributed by atoms with E-state index in [0.29, 0.717) is 6.54 Å². The number of carbonyl (C=O) groups is 1. The Morgan fingerprint density at radius 2 is 2.19 bits per heavy atom. The number of ether oxygens (including phenoxy) is 1. The topological polar surface area (TPSA) is 67.6 Å². The summed E-state index contributed by atoms with van der Waals surface area (Å²) in [5.41, 5.74) is 5.72. The van der Waals surface area contributed by atoms with Gasteiger partial charge in [-0.25, -0.2) is 0 Å². The SMILES string of the molecule is CNC(CN(C)CC1CCCO1)(C(N)=O)c1ccccc1. The average molecular weight is 291 g/mol. The van der Waals surface area contributed by atoms with Crippen LogP contribution >= 0.6 is 0 Å². The molecule has 0 bridgehead atoms. The number of nitrogens with two attached hydrogens (primary N) is 1. The van der Waals surface area contributed by atoms with Crippen molar-refractivity contribution in [2.24, 2.45) is 5.73 Å². The molecule has 1 saturated heterocycles. The van der Waals surface area contributed by atoms with Gasteiger partial charge in [0, 0.05) is 19.7 Å². The highest BCUT2D eigenvalue weighted by atomic mass is 16.5. The monoisotopic (exact) mass is 291 g/mol. The van der Waals surface area contributed by atoms with Crippen molar-refractivity contribution in [1.29, 1.82) is 0 Å². The molecule has 1 heterocycles. The quantitative estimate of drug-likeness (QED) is 0.776. The molecule has 21 heavy (non-hydrogen) atoms. The Morgan fingerprint density at radius 3 is 2.71 bits per heavy atom. The number of nitrogens with one attached hydrogen (secondary N) is 1. The molecule has 1 aromatic rings. The molecule has 0 saturated carbocycles. The first kappa shape index (κ1) is 15.9. The average Bonchev–Trinajstić information content (AvgIpc) is 2.98. The fourth-order valence-electron chi connectivity index (χ4n) is 2.99. The Labute approximate surface area is 126 Å². The van der Waals surface area contributed by atoms with Crippen molar-refractivity contribution in [1.82, 2.24) is 10.2 Å². The van der Waals surface area contributed by atoms with Crippen LogP contribution in [0.2, 0.25) is 0 Å². The van der Waals surface area contributed by atoms with Gasteiger partial charge in [0.05, 0.1) is 6.10 Å². The summed E-state index contributed by atoms with van der Waals surface area (Å²) in [6.45, 7) is 2.16. The van der Waals surface area contributed by atoms with Gasteiger partial charge >= 0.3 is 0 Å². The summed E-state index contributed by atoms with van der Waals surface area (Å²) in [5, 5.41) is 3.13. The van der Waals surface area contributed by atoms with Gasteiger partial charge in [0.15, 0.2) is 0 Å². The third kappa shape index (κ3) is 3.61. The summed E-state index contributed by atoms with van der Waals surface area (Å²) in [5.74, 6) is -0.365. The van der Waals surface area contributed by atoms with Crippen LogP contribution in [0.3, 0.4) is 0 Å². The second-order valence-corrected chi connectivity index (χ2v) is 5.72. The summed E-state index contributed by atoms with van der Waals surface area (Å²) in [4.78, 5) is 14.2. The van der Waals surface area contributed by atoms with Gasteiger partial charge in [0.25, 0.3) is 0 Å². The minimum atomic E-state index is -0.880. The molecule has 116 valence electrons. The van der Waals surface area contributed by atoms with Crippen LogP contribution in [0.5, 0.6) is 0 Å². The molecule has 2 unspecified atom stereocenters. The number of rotatable bonds is 7. The Hall–Kier alpha value is -1.43. The van der Waals surface area contributed by atoms with Gasteiger partial charge in [0.2, 0.25) is 5.91 Å². The van der Waals surface area contributed by atoms with Gasteiger partial charge in [-0.05, 0) is 32.5 Å². The van der Waals surface area contributed by atoms with E-state index in [1.54, 1.807) is 7.05 Å². The second kappa shape index (κ2) is 7.02. The Kier molecular flexibility index (Phi) is 5.33. The normalized spacial score (nSPS) is 21.4. The van der Waals surface area contributed by atoms with Crippen molar-refractivity contribution in [2.45, 2.75) is 24.5 Å². The number of amides is 1. The lowest BCUT2D eigenvalue weighted by Gasteiger charge is -2.35. The maximum atomic E-state index is 12.1. The zero-order chi connectivity index (χ0) is 15.3. The van der Waals surface area contributed by atoms with E-state index in [2.05, 4.69) is 10.2 Å². The van der Waals surface area contributed by atoms with E-state index >= 15 is 0 Å². The highest BCUT2D eigenvalue weighted by molar-refractivity contribution is 5.86. The number of primary amides is 1. The standard InChI is InChI=1S/C16H25N3O2/c1-18-16(15(17)20,13-7-4-3-5-8-13)12-19(2)11-14-9-6-10-21-14/h3-5,7-8,14,18H,6,9-12H2,1-2H3,(H2,17,20). The lowest BCUT2D eigenvalue weighted by molar-refractivity contribution is -0.125. The van der Waals surface area contributed by atoms with Crippen molar-refractivity contribution >= 4 is 5.91 Å². The van der Waals surface area contributed by atoms with Crippen molar-refractivity contribution in [3.63, 3.8) is 0 Å². The van der Waals surface area contributed by atoms with E-state index in [-0.39, 0.29) is 12.0 Å². The van der Waals surface area contributed by atoms with Crippen molar-refractivity contribution < 1.29 is 9.53 Å². The molecule has 0 spiro atoms. The molecule has 1 aliphatic heterocycles. The first-order chi connectivity index (χ1) is 10.1. The maximum absolute atomic E-state index is 12.1. The van der Waals surface area contributed by atoms with E-state index in [0.717, 1.165) is 31.6 Å². The van der Waals surface area contributed by atoms with Crippen molar-refractivity contribution in [3.8, 4) is 0 Å². The minimum absolute atomic E-state index is 0.258. The molecule has 2 rings (SSSR count). The summed E-state index contributed by atoms with van der Waals surface area (Å²) in [7, 11) is 3.78. The number of hydrogen-bond donors (Lipinski definition) is 2. The van der Waals surface area contributed by atoms with Gasteiger partial charge in [-0.3, -0.25) is 4.79 Å². The third-order valence-corrected chi connectivity index (χ3v) is 4.16. The van der Waals surface area contributed by atoms with Crippen LogP contribution in [-0.4, -0.2) is 50.7 Å². The van der Waals surface area contributed by atoms with Crippen LogP contribution in [-0.2, 0) is 15.1 Å². The molecule has 2 atom stereocenters. The van der Waals surface area contributed by atoms with E-state index in [1.807, 2.05) is 37.4 Å². The summed E-state index contributed by atoms with van der Waals surface area (Å²) >= 11 is 0. The van der Waals surface area contributed by atoms with Crippen LogP contribution in [0.15, 0.2) is 30.3 Å². The zero-order valence-corrected chi connectivity index (χ0v) is 12.8. The number of likely N-dealkylation sites (N-methyl/N-ethyl adjacent to an activating group) is 2. The molecular weight excluding hydrogens is 266 g/mol. The largest absolute Gasteiger partial charge is 0.377 e. The smallest absolute Gasteiger partial charge is 0.243 e. The van der Waals surface area contributed by atoms with Crippen LogP contribution in [0, 0.1) is 0 Å². The minimum Gasteiger partial charge on any atom is -0.377 e. The summed E-state index contributed by atoms with van der Waals surface area (Å²) in [6, 6.07) is 9.64. The predicted octanol–water partition coefficient (Wildman–Crippen LogP) is 0.697. The van der Waals surface area contributed by atoms with Gasteiger partial charge in [0.1, 0.15) is 5.54 Å². The molecule has 0 radical (unpaired) electrons. The Morgan fingerprint density at radius 1 is 1.48 bits per heavy atom. The van der Waals surface area contributed by atoms with Crippen molar-refractivity contribution in [2.75, 3.05) is 33.8 Å². The maximum Gasteiger partial charge on any atom is 0.243 e. The molecule has 0 aliphatic carbocycles. The van der Waals surface area contributed by atoms with E-state index < -0.39 is 5.54 Å². The fourth-order valence-corrected chi connectivity index (χ4v) is 2.99.